The summed E-state index contributed by atoms with van der Waals surface area (Å²) in [6.07, 6.45) is 1.47. The lowest BCUT2D eigenvalue weighted by atomic mass is 9.80. The number of carboxylic acids is 1. The summed E-state index contributed by atoms with van der Waals surface area (Å²) in [7, 11) is 2.08. The van der Waals surface area contributed by atoms with Crippen molar-refractivity contribution in [1.82, 2.24) is 20.7 Å². The zero-order valence-electron chi connectivity index (χ0n) is 15.0. The van der Waals surface area contributed by atoms with Crippen molar-refractivity contribution in [2.75, 3.05) is 33.2 Å². The number of hydrazine groups is 1. The Labute approximate surface area is 153 Å². The average Bonchev–Trinajstić information content (AvgIpc) is 3.27. The van der Waals surface area contributed by atoms with Crippen molar-refractivity contribution in [1.29, 1.82) is 0 Å². The van der Waals surface area contributed by atoms with E-state index in [9.17, 15) is 14.7 Å². The summed E-state index contributed by atoms with van der Waals surface area (Å²) in [6, 6.07) is 9.31. The minimum Gasteiger partial charge on any atom is -0.481 e. The summed E-state index contributed by atoms with van der Waals surface area (Å²) in [5.74, 6) is -0.621. The van der Waals surface area contributed by atoms with Crippen molar-refractivity contribution in [3.05, 3.63) is 35.9 Å². The number of aliphatic carboxylic acids is 1. The van der Waals surface area contributed by atoms with Crippen molar-refractivity contribution in [3.8, 4) is 0 Å². The number of carbonyl (C=O) groups excluding carboxylic acids is 1. The molecule has 0 aliphatic carbocycles. The molecule has 4 unspecified atom stereocenters. The number of carboxylic acid groups (broad SMARTS) is 1. The van der Waals surface area contributed by atoms with E-state index in [0.717, 1.165) is 25.1 Å². The molecule has 26 heavy (non-hydrogen) atoms. The van der Waals surface area contributed by atoms with E-state index in [2.05, 4.69) is 22.8 Å². The number of hydrogen-bond donors (Lipinski definition) is 3. The molecule has 3 N–H and O–H groups in total. The van der Waals surface area contributed by atoms with Crippen molar-refractivity contribution < 1.29 is 14.7 Å². The topological polar surface area (TPSA) is 84.9 Å². The molecule has 3 heterocycles. The maximum atomic E-state index is 13.2. The minimum absolute atomic E-state index is 0.0133. The summed E-state index contributed by atoms with van der Waals surface area (Å²) in [6.45, 7) is 2.61. The molecule has 4 atom stereocenters. The van der Waals surface area contributed by atoms with Crippen molar-refractivity contribution >= 4 is 11.9 Å². The summed E-state index contributed by atoms with van der Waals surface area (Å²) < 4.78 is 0. The van der Waals surface area contributed by atoms with Crippen molar-refractivity contribution in [3.63, 3.8) is 0 Å². The smallest absolute Gasteiger partial charge is 0.316 e. The van der Waals surface area contributed by atoms with Gasteiger partial charge in [0, 0.05) is 31.6 Å². The number of likely N-dealkylation sites (tertiary alicyclic amines) is 2. The second kappa shape index (κ2) is 6.64. The normalized spacial score (nSPS) is 34.7. The Morgan fingerprint density at radius 2 is 1.96 bits per heavy atom. The van der Waals surface area contributed by atoms with Crippen molar-refractivity contribution in [2.24, 2.45) is 5.92 Å². The Morgan fingerprint density at radius 3 is 2.69 bits per heavy atom. The molecule has 0 bridgehead atoms. The monoisotopic (exact) mass is 358 g/mol. The van der Waals surface area contributed by atoms with Gasteiger partial charge in [0.2, 0.25) is 5.91 Å². The number of nitrogens with zero attached hydrogens (tertiary/aromatic N) is 2. The molecule has 7 heteroatoms. The Balaban J connectivity index is 1.53. The van der Waals surface area contributed by atoms with Crippen LogP contribution in [-0.2, 0) is 15.0 Å². The molecule has 140 valence electrons. The molecule has 3 aliphatic heterocycles. The molecule has 1 amide bonds. The molecular formula is C19H26N4O3. The second-order valence-electron chi connectivity index (χ2n) is 7.85. The van der Waals surface area contributed by atoms with Gasteiger partial charge in [0.05, 0.1) is 0 Å². The number of fused-ring (bicyclic) bond motifs is 1. The molecule has 0 radical (unpaired) electrons. The second-order valence-corrected chi connectivity index (χ2v) is 7.85. The van der Waals surface area contributed by atoms with E-state index >= 15 is 0 Å². The summed E-state index contributed by atoms with van der Waals surface area (Å²) in [5.41, 5.74) is 6.21. The third-order valence-electron chi connectivity index (χ3n) is 6.30. The number of nitrogens with one attached hydrogen (secondary N) is 2. The van der Waals surface area contributed by atoms with Crippen LogP contribution in [0.3, 0.4) is 0 Å². The predicted octanol–water partition coefficient (Wildman–Crippen LogP) is 0.0380. The third kappa shape index (κ3) is 2.80. The van der Waals surface area contributed by atoms with Gasteiger partial charge in [-0.05, 0) is 32.0 Å². The Kier molecular flexibility index (Phi) is 4.46. The number of hydrogen-bond acceptors (Lipinski definition) is 5. The van der Waals surface area contributed by atoms with E-state index in [1.165, 1.54) is 0 Å². The highest BCUT2D eigenvalue weighted by Crippen LogP contribution is 2.36. The fourth-order valence-corrected chi connectivity index (χ4v) is 4.70. The first-order chi connectivity index (χ1) is 12.5. The van der Waals surface area contributed by atoms with Gasteiger partial charge >= 0.3 is 5.97 Å². The van der Waals surface area contributed by atoms with E-state index in [-0.39, 0.29) is 24.4 Å². The molecular weight excluding hydrogens is 332 g/mol. The van der Waals surface area contributed by atoms with E-state index in [1.807, 2.05) is 30.3 Å². The zero-order chi connectivity index (χ0) is 18.3. The van der Waals surface area contributed by atoms with Crippen LogP contribution in [0.2, 0.25) is 0 Å². The van der Waals surface area contributed by atoms with Crippen LogP contribution in [0.15, 0.2) is 30.3 Å². The number of amides is 1. The van der Waals surface area contributed by atoms with E-state index in [1.54, 1.807) is 4.90 Å². The fourth-order valence-electron chi connectivity index (χ4n) is 4.70. The molecule has 0 saturated carbocycles. The summed E-state index contributed by atoms with van der Waals surface area (Å²) in [5, 5.41) is 9.93. The zero-order valence-corrected chi connectivity index (χ0v) is 15.0. The molecule has 3 fully saturated rings. The minimum atomic E-state index is -1.01. The molecule has 1 aromatic carbocycles. The van der Waals surface area contributed by atoms with Crippen LogP contribution in [0.4, 0.5) is 0 Å². The number of benzene rings is 1. The lowest BCUT2D eigenvalue weighted by Gasteiger charge is -2.34. The van der Waals surface area contributed by atoms with Gasteiger partial charge in [-0.15, -0.1) is 0 Å². The van der Waals surface area contributed by atoms with Gasteiger partial charge in [-0.1, -0.05) is 30.3 Å². The van der Waals surface area contributed by atoms with Crippen LogP contribution >= 0.6 is 0 Å². The molecule has 3 saturated heterocycles. The highest BCUT2D eigenvalue weighted by atomic mass is 16.4. The van der Waals surface area contributed by atoms with Crippen molar-refractivity contribution in [2.45, 2.75) is 30.3 Å². The van der Waals surface area contributed by atoms with Gasteiger partial charge < -0.3 is 14.9 Å². The van der Waals surface area contributed by atoms with Gasteiger partial charge in [0.15, 0.2) is 0 Å². The van der Waals surface area contributed by atoms with E-state index in [0.29, 0.717) is 19.0 Å². The van der Waals surface area contributed by atoms with Crippen LogP contribution in [0.1, 0.15) is 18.4 Å². The molecule has 7 nitrogen and oxygen atoms in total. The maximum absolute atomic E-state index is 13.2. The van der Waals surface area contributed by atoms with Crippen LogP contribution in [0, 0.1) is 5.92 Å². The number of rotatable bonds is 3. The fraction of sp³-hybridized carbons (Fsp3) is 0.579. The standard InChI is InChI=1S/C19H26N4O3/c1-22-9-7-15-14(11-22)16(21-20-15)17(24)23-10-8-19(12-23,18(25)26)13-5-3-2-4-6-13/h2-6,14-16,20-21H,7-12H2,1H3,(H,25,26). The highest BCUT2D eigenvalue weighted by Gasteiger charge is 2.51. The highest BCUT2D eigenvalue weighted by molar-refractivity contribution is 5.87. The molecule has 3 aliphatic rings. The first-order valence-electron chi connectivity index (χ1n) is 9.28. The Hall–Kier alpha value is -1.96. The number of piperidine rings is 1. The Morgan fingerprint density at radius 1 is 1.19 bits per heavy atom. The van der Waals surface area contributed by atoms with Crippen LogP contribution in [-0.4, -0.2) is 72.1 Å². The summed E-state index contributed by atoms with van der Waals surface area (Å²) in [4.78, 5) is 29.3. The van der Waals surface area contributed by atoms with E-state index < -0.39 is 11.4 Å². The molecule has 0 aromatic heterocycles. The van der Waals surface area contributed by atoms with Gasteiger partial charge in [-0.3, -0.25) is 15.0 Å². The maximum Gasteiger partial charge on any atom is 0.316 e. The SMILES string of the molecule is CN1CCC2NNC(C(=O)N3CCC(C(=O)O)(c4ccccc4)C3)C2C1. The number of carbonyl (C=O) groups is 2. The van der Waals surface area contributed by atoms with Crippen LogP contribution < -0.4 is 10.9 Å². The van der Waals surface area contributed by atoms with Gasteiger partial charge in [0.1, 0.15) is 11.5 Å². The van der Waals surface area contributed by atoms with Crippen LogP contribution in [0.5, 0.6) is 0 Å². The lowest BCUT2D eigenvalue weighted by Crippen LogP contribution is -2.51. The lowest BCUT2D eigenvalue weighted by molar-refractivity contribution is -0.143. The predicted molar refractivity (Wildman–Crippen MR) is 96.4 cm³/mol. The average molecular weight is 358 g/mol. The Bertz CT molecular complexity index is 697. The molecule has 4 rings (SSSR count). The molecule has 0 spiro atoms. The first kappa shape index (κ1) is 17.5. The quantitative estimate of drug-likeness (QED) is 0.707. The first-order valence-corrected chi connectivity index (χ1v) is 9.28. The van der Waals surface area contributed by atoms with Gasteiger partial charge in [-0.2, -0.15) is 0 Å². The van der Waals surface area contributed by atoms with E-state index in [4.69, 9.17) is 0 Å². The third-order valence-corrected chi connectivity index (χ3v) is 6.30. The largest absolute Gasteiger partial charge is 0.481 e. The van der Waals surface area contributed by atoms with Crippen LogP contribution in [0.25, 0.3) is 0 Å². The van der Waals surface area contributed by atoms with Gasteiger partial charge in [-0.25, -0.2) is 5.43 Å². The van der Waals surface area contributed by atoms with Gasteiger partial charge in [0.25, 0.3) is 0 Å². The summed E-state index contributed by atoms with van der Waals surface area (Å²) >= 11 is 0. The molecule has 1 aromatic rings.